The van der Waals surface area contributed by atoms with Crippen molar-refractivity contribution in [1.29, 1.82) is 0 Å². The van der Waals surface area contributed by atoms with Crippen LogP contribution in [0.25, 0.3) is 0 Å². The second-order valence-corrected chi connectivity index (χ2v) is 2.54. The molecule has 0 aromatic heterocycles. The first-order valence-electron chi connectivity index (χ1n) is 4.30. The van der Waals surface area contributed by atoms with Crippen molar-refractivity contribution in [1.82, 2.24) is 5.06 Å². The maximum Gasteiger partial charge on any atom is 0.233 e. The topological polar surface area (TPSA) is 29.5 Å². The molecule has 0 fully saturated rings. The van der Waals surface area contributed by atoms with Crippen molar-refractivity contribution in [3.63, 3.8) is 0 Å². The molecule has 0 N–H and O–H groups in total. The van der Waals surface area contributed by atoms with Crippen molar-refractivity contribution in [2.75, 3.05) is 13.2 Å². The second kappa shape index (κ2) is 8.27. The van der Waals surface area contributed by atoms with Crippen LogP contribution in [0, 0.1) is 0 Å². The molecule has 0 unspecified atom stereocenters. The van der Waals surface area contributed by atoms with Crippen molar-refractivity contribution in [2.24, 2.45) is 0 Å². The van der Waals surface area contributed by atoms with E-state index >= 15 is 0 Å². The van der Waals surface area contributed by atoms with E-state index in [9.17, 15) is 4.79 Å². The molecule has 0 radical (unpaired) electrons. The fraction of sp³-hybridized carbons (Fsp3) is 0.667. The number of carbonyl (C=O) groups is 1. The smallest absolute Gasteiger partial charge is 0.233 e. The minimum Gasteiger partial charge on any atom is -0.276 e. The van der Waals surface area contributed by atoms with Crippen LogP contribution < -0.4 is 0 Å². The number of hydroxylamine groups is 2. The summed E-state index contributed by atoms with van der Waals surface area (Å²) in [6, 6.07) is 0. The maximum atomic E-state index is 10.4. The zero-order chi connectivity index (χ0) is 9.23. The van der Waals surface area contributed by atoms with Gasteiger partial charge in [-0.25, -0.2) is 5.06 Å². The number of hydrogen-bond donors (Lipinski definition) is 0. The van der Waals surface area contributed by atoms with E-state index in [1.807, 2.05) is 0 Å². The molecule has 0 aromatic carbocycles. The molecule has 0 aliphatic heterocycles. The van der Waals surface area contributed by atoms with Gasteiger partial charge in [0, 0.05) is 6.54 Å². The molecule has 0 rings (SSSR count). The first-order chi connectivity index (χ1) is 5.85. The Labute approximate surface area is 74.0 Å². The summed E-state index contributed by atoms with van der Waals surface area (Å²) >= 11 is 0. The predicted octanol–water partition coefficient (Wildman–Crippen LogP) is 1.75. The van der Waals surface area contributed by atoms with Crippen LogP contribution in [0.15, 0.2) is 12.7 Å². The van der Waals surface area contributed by atoms with Crippen LogP contribution in [0.5, 0.6) is 0 Å². The first kappa shape index (κ1) is 11.2. The molecule has 3 heteroatoms. The Morgan fingerprint density at radius 2 is 2.25 bits per heavy atom. The SMILES string of the molecule is C=CCON(C=O)CCCCC. The van der Waals surface area contributed by atoms with Crippen molar-refractivity contribution >= 4 is 6.41 Å². The number of nitrogens with zero attached hydrogens (tertiary/aromatic N) is 1. The molecule has 0 bridgehead atoms. The summed E-state index contributed by atoms with van der Waals surface area (Å²) in [5.74, 6) is 0. The van der Waals surface area contributed by atoms with Gasteiger partial charge in [-0.1, -0.05) is 25.8 Å². The second-order valence-electron chi connectivity index (χ2n) is 2.54. The van der Waals surface area contributed by atoms with Crippen LogP contribution in [0.2, 0.25) is 0 Å². The minimum atomic E-state index is 0.394. The molecule has 12 heavy (non-hydrogen) atoms. The van der Waals surface area contributed by atoms with Crippen molar-refractivity contribution < 1.29 is 9.63 Å². The summed E-state index contributed by atoms with van der Waals surface area (Å²) in [4.78, 5) is 15.4. The number of unbranched alkanes of at least 4 members (excludes halogenated alkanes) is 2. The van der Waals surface area contributed by atoms with E-state index < -0.39 is 0 Å². The number of hydrogen-bond acceptors (Lipinski definition) is 2. The highest BCUT2D eigenvalue weighted by molar-refractivity contribution is 5.44. The van der Waals surface area contributed by atoms with Crippen LogP contribution in [-0.4, -0.2) is 24.6 Å². The molecule has 0 aliphatic carbocycles. The Hall–Kier alpha value is -0.830. The molecule has 0 atom stereocenters. The predicted molar refractivity (Wildman–Crippen MR) is 48.4 cm³/mol. The van der Waals surface area contributed by atoms with Crippen molar-refractivity contribution in [2.45, 2.75) is 26.2 Å². The minimum absolute atomic E-state index is 0.394. The quantitative estimate of drug-likeness (QED) is 0.241. The Balaban J connectivity index is 3.38. The van der Waals surface area contributed by atoms with E-state index in [0.29, 0.717) is 19.6 Å². The van der Waals surface area contributed by atoms with Gasteiger partial charge >= 0.3 is 0 Å². The molecule has 70 valence electrons. The molecule has 0 aromatic rings. The van der Waals surface area contributed by atoms with Gasteiger partial charge in [0.05, 0.1) is 6.61 Å². The molecular formula is C9H17NO2. The Bertz CT molecular complexity index is 126. The number of amides is 1. The summed E-state index contributed by atoms with van der Waals surface area (Å²) in [6.45, 7) is 6.68. The number of rotatable bonds is 8. The molecule has 1 amide bonds. The Morgan fingerprint density at radius 3 is 2.75 bits per heavy atom. The lowest BCUT2D eigenvalue weighted by atomic mass is 10.2. The summed E-state index contributed by atoms with van der Waals surface area (Å²) in [5, 5.41) is 1.32. The first-order valence-corrected chi connectivity index (χ1v) is 4.30. The van der Waals surface area contributed by atoms with E-state index in [4.69, 9.17) is 4.84 Å². The standard InChI is InChI=1S/C9H17NO2/c1-3-5-6-7-10(9-11)12-8-4-2/h4,9H,2-3,5-8H2,1H3. The van der Waals surface area contributed by atoms with Crippen molar-refractivity contribution in [3.05, 3.63) is 12.7 Å². The maximum absolute atomic E-state index is 10.4. The average molecular weight is 171 g/mol. The van der Waals surface area contributed by atoms with Gasteiger partial charge in [-0.05, 0) is 6.42 Å². The van der Waals surface area contributed by atoms with Crippen LogP contribution >= 0.6 is 0 Å². The molecule has 0 aliphatic rings. The largest absolute Gasteiger partial charge is 0.276 e. The third-order valence-corrected chi connectivity index (χ3v) is 1.46. The molecule has 3 nitrogen and oxygen atoms in total. The third-order valence-electron chi connectivity index (χ3n) is 1.46. The van der Waals surface area contributed by atoms with Gasteiger partial charge in [0.2, 0.25) is 6.41 Å². The number of carbonyl (C=O) groups excluding carboxylic acids is 1. The lowest BCUT2D eigenvalue weighted by Crippen LogP contribution is -2.23. The van der Waals surface area contributed by atoms with E-state index in [2.05, 4.69) is 13.5 Å². The molecule has 0 heterocycles. The third kappa shape index (κ3) is 5.92. The van der Waals surface area contributed by atoms with Gasteiger partial charge in [0.15, 0.2) is 0 Å². The van der Waals surface area contributed by atoms with Gasteiger partial charge in [-0.2, -0.15) is 0 Å². The highest BCUT2D eigenvalue weighted by atomic mass is 16.7. The molecular weight excluding hydrogens is 154 g/mol. The lowest BCUT2D eigenvalue weighted by Gasteiger charge is -2.14. The van der Waals surface area contributed by atoms with E-state index in [1.54, 1.807) is 6.08 Å². The van der Waals surface area contributed by atoms with Crippen LogP contribution in [0.3, 0.4) is 0 Å². The van der Waals surface area contributed by atoms with E-state index in [1.165, 1.54) is 5.06 Å². The Kier molecular flexibility index (Phi) is 7.70. The summed E-state index contributed by atoms with van der Waals surface area (Å²) in [7, 11) is 0. The van der Waals surface area contributed by atoms with Crippen LogP contribution in [0.4, 0.5) is 0 Å². The average Bonchev–Trinajstić information content (AvgIpc) is 2.11. The van der Waals surface area contributed by atoms with Gasteiger partial charge in [-0.3, -0.25) is 9.63 Å². The molecule has 0 spiro atoms. The zero-order valence-electron chi connectivity index (χ0n) is 7.66. The van der Waals surface area contributed by atoms with Crippen LogP contribution in [0.1, 0.15) is 26.2 Å². The molecule has 0 saturated carbocycles. The fourth-order valence-corrected chi connectivity index (χ4v) is 0.814. The lowest BCUT2D eigenvalue weighted by molar-refractivity contribution is -0.167. The van der Waals surface area contributed by atoms with Gasteiger partial charge in [0.1, 0.15) is 0 Å². The molecule has 0 saturated heterocycles. The van der Waals surface area contributed by atoms with Gasteiger partial charge < -0.3 is 0 Å². The van der Waals surface area contributed by atoms with Gasteiger partial charge in [0.25, 0.3) is 0 Å². The monoisotopic (exact) mass is 171 g/mol. The summed E-state index contributed by atoms with van der Waals surface area (Å²) in [5.41, 5.74) is 0. The van der Waals surface area contributed by atoms with E-state index in [0.717, 1.165) is 19.3 Å². The van der Waals surface area contributed by atoms with Gasteiger partial charge in [-0.15, -0.1) is 6.58 Å². The highest BCUT2D eigenvalue weighted by Crippen LogP contribution is 1.96. The highest BCUT2D eigenvalue weighted by Gasteiger charge is 1.98. The zero-order valence-corrected chi connectivity index (χ0v) is 7.66. The normalized spacial score (nSPS) is 9.42. The van der Waals surface area contributed by atoms with Crippen LogP contribution in [-0.2, 0) is 9.63 Å². The van der Waals surface area contributed by atoms with Crippen molar-refractivity contribution in [3.8, 4) is 0 Å². The fourth-order valence-electron chi connectivity index (χ4n) is 0.814. The Morgan fingerprint density at radius 1 is 1.50 bits per heavy atom. The summed E-state index contributed by atoms with van der Waals surface area (Å²) < 4.78 is 0. The van der Waals surface area contributed by atoms with E-state index in [-0.39, 0.29) is 0 Å². The summed E-state index contributed by atoms with van der Waals surface area (Å²) in [6.07, 6.45) is 5.60.